The molecule has 0 atom stereocenters. The summed E-state index contributed by atoms with van der Waals surface area (Å²) < 4.78 is 12.3. The van der Waals surface area contributed by atoms with Gasteiger partial charge in [-0.15, -0.1) is 0 Å². The maximum absolute atomic E-state index is 12.4. The Morgan fingerprint density at radius 3 is 2.64 bits per heavy atom. The van der Waals surface area contributed by atoms with Gasteiger partial charge in [-0.2, -0.15) is 9.61 Å². The highest BCUT2D eigenvalue weighted by Crippen LogP contribution is 2.20. The number of anilines is 1. The minimum atomic E-state index is -0.234. The van der Waals surface area contributed by atoms with Gasteiger partial charge in [0.05, 0.1) is 12.8 Å². The smallest absolute Gasteiger partial charge is 0.275 e. The van der Waals surface area contributed by atoms with Gasteiger partial charge in [0.25, 0.3) is 11.5 Å². The Morgan fingerprint density at radius 2 is 1.91 bits per heavy atom. The summed E-state index contributed by atoms with van der Waals surface area (Å²) in [6.07, 6.45) is 0.806. The number of benzene rings is 2. The molecule has 0 saturated carbocycles. The summed E-state index contributed by atoms with van der Waals surface area (Å²) in [5.41, 5.74) is 1.45. The highest BCUT2D eigenvalue weighted by Gasteiger charge is 2.11. The quantitative estimate of drug-likeness (QED) is 0.420. The van der Waals surface area contributed by atoms with Crippen LogP contribution < -0.4 is 20.3 Å². The van der Waals surface area contributed by atoms with Crippen LogP contribution in [0.1, 0.15) is 34.9 Å². The summed E-state index contributed by atoms with van der Waals surface area (Å²) in [7, 11) is 1.56. The van der Waals surface area contributed by atoms with Gasteiger partial charge in [-0.1, -0.05) is 31.3 Å². The fraction of sp³-hybridized carbons (Fsp3) is 0.250. The number of methoxy groups -OCH3 is 1. The first-order valence-electron chi connectivity index (χ1n) is 10.5. The van der Waals surface area contributed by atoms with Crippen LogP contribution in [0, 0.1) is 5.92 Å². The number of carbonyl (C=O) groups is 1. The molecule has 8 nitrogen and oxygen atoms in total. The Kier molecular flexibility index (Phi) is 6.69. The standard InChI is InChI=1S/C24H24N4O4S/c1-15(2)11-21-27-28-22(29)13-18(26-24(28)33-21)14-32-19-9-7-17(8-10-19)25-23(30)16-5-4-6-20(12-16)31-3/h4-10,12-13,15H,11,14H2,1-3H3,(H,25,30). The van der Waals surface area contributed by atoms with Gasteiger partial charge in [-0.3, -0.25) is 9.59 Å². The topological polar surface area (TPSA) is 94.8 Å². The van der Waals surface area contributed by atoms with Crippen LogP contribution in [0.2, 0.25) is 0 Å². The summed E-state index contributed by atoms with van der Waals surface area (Å²) in [6, 6.07) is 15.4. The molecule has 170 valence electrons. The van der Waals surface area contributed by atoms with Crippen molar-refractivity contribution in [2.75, 3.05) is 12.4 Å². The van der Waals surface area contributed by atoms with Crippen molar-refractivity contribution in [1.29, 1.82) is 0 Å². The Balaban J connectivity index is 1.39. The Bertz CT molecular complexity index is 1330. The molecule has 0 aliphatic carbocycles. The molecule has 2 heterocycles. The van der Waals surface area contributed by atoms with Crippen molar-refractivity contribution >= 4 is 27.9 Å². The van der Waals surface area contributed by atoms with E-state index in [0.29, 0.717) is 39.3 Å². The van der Waals surface area contributed by atoms with E-state index in [4.69, 9.17) is 9.47 Å². The third-order valence-corrected chi connectivity index (χ3v) is 5.68. The van der Waals surface area contributed by atoms with E-state index in [1.54, 1.807) is 55.6 Å². The lowest BCUT2D eigenvalue weighted by molar-refractivity contribution is 0.102. The Morgan fingerprint density at radius 1 is 1.12 bits per heavy atom. The lowest BCUT2D eigenvalue weighted by Crippen LogP contribution is -2.16. The van der Waals surface area contributed by atoms with Crippen LogP contribution in [0.15, 0.2) is 59.4 Å². The minimum Gasteiger partial charge on any atom is -0.497 e. The largest absolute Gasteiger partial charge is 0.497 e. The third kappa shape index (κ3) is 5.56. The van der Waals surface area contributed by atoms with E-state index >= 15 is 0 Å². The van der Waals surface area contributed by atoms with Gasteiger partial charge >= 0.3 is 0 Å². The van der Waals surface area contributed by atoms with Crippen molar-refractivity contribution in [1.82, 2.24) is 14.6 Å². The van der Waals surface area contributed by atoms with Crippen LogP contribution in [-0.2, 0) is 13.0 Å². The fourth-order valence-electron chi connectivity index (χ4n) is 3.16. The van der Waals surface area contributed by atoms with Crippen LogP contribution in [0.3, 0.4) is 0 Å². The Hall–Kier alpha value is -3.72. The van der Waals surface area contributed by atoms with E-state index in [-0.39, 0.29) is 18.1 Å². The molecule has 1 N–H and O–H groups in total. The minimum absolute atomic E-state index is 0.151. The molecule has 9 heteroatoms. The monoisotopic (exact) mass is 464 g/mol. The molecule has 0 spiro atoms. The van der Waals surface area contributed by atoms with Gasteiger partial charge < -0.3 is 14.8 Å². The maximum atomic E-state index is 12.4. The second-order valence-electron chi connectivity index (χ2n) is 7.87. The number of carbonyl (C=O) groups excluding carboxylic acids is 1. The first-order chi connectivity index (χ1) is 15.9. The van der Waals surface area contributed by atoms with Crippen LogP contribution >= 0.6 is 11.3 Å². The lowest BCUT2D eigenvalue weighted by Gasteiger charge is -2.09. The van der Waals surface area contributed by atoms with E-state index in [1.165, 1.54) is 21.9 Å². The zero-order valence-corrected chi connectivity index (χ0v) is 19.4. The van der Waals surface area contributed by atoms with Gasteiger partial charge in [0.15, 0.2) is 0 Å². The molecule has 4 aromatic rings. The van der Waals surface area contributed by atoms with Gasteiger partial charge in [-0.25, -0.2) is 4.98 Å². The first kappa shape index (κ1) is 22.5. The van der Waals surface area contributed by atoms with Crippen molar-refractivity contribution in [2.45, 2.75) is 26.9 Å². The van der Waals surface area contributed by atoms with Crippen LogP contribution in [0.4, 0.5) is 5.69 Å². The van der Waals surface area contributed by atoms with Crippen LogP contribution in [0.5, 0.6) is 11.5 Å². The summed E-state index contributed by atoms with van der Waals surface area (Å²) in [4.78, 5) is 29.9. The number of amides is 1. The SMILES string of the molecule is COc1cccc(C(=O)Nc2ccc(OCc3cc(=O)n4nc(CC(C)C)sc4n3)cc2)c1. The molecular weight excluding hydrogens is 440 g/mol. The number of nitrogens with one attached hydrogen (secondary N) is 1. The predicted molar refractivity (Wildman–Crippen MR) is 127 cm³/mol. The molecule has 2 aromatic carbocycles. The molecule has 1 amide bonds. The molecule has 2 aromatic heterocycles. The van der Waals surface area contributed by atoms with Crippen molar-refractivity contribution in [3.05, 3.63) is 81.2 Å². The molecule has 0 aliphatic rings. The normalized spacial score (nSPS) is 11.0. The molecule has 0 aliphatic heterocycles. The van der Waals surface area contributed by atoms with E-state index in [2.05, 4.69) is 29.2 Å². The number of rotatable bonds is 8. The Labute approximate surface area is 194 Å². The molecule has 0 unspecified atom stereocenters. The zero-order chi connectivity index (χ0) is 23.4. The summed E-state index contributed by atoms with van der Waals surface area (Å²) in [5.74, 6) is 1.43. The molecule has 4 rings (SSSR count). The van der Waals surface area contributed by atoms with Crippen LogP contribution in [-0.4, -0.2) is 27.6 Å². The van der Waals surface area contributed by atoms with Crippen molar-refractivity contribution in [3.8, 4) is 11.5 Å². The molecule has 0 radical (unpaired) electrons. The first-order valence-corrected chi connectivity index (χ1v) is 11.3. The molecule has 0 fully saturated rings. The zero-order valence-electron chi connectivity index (χ0n) is 18.6. The predicted octanol–water partition coefficient (Wildman–Crippen LogP) is 4.19. The number of fused-ring (bicyclic) bond motifs is 1. The van der Waals surface area contributed by atoms with Gasteiger partial charge in [0.2, 0.25) is 4.96 Å². The number of ether oxygens (including phenoxy) is 2. The van der Waals surface area contributed by atoms with Gasteiger partial charge in [0, 0.05) is 23.7 Å². The average Bonchev–Trinajstić information content (AvgIpc) is 3.21. The van der Waals surface area contributed by atoms with Crippen molar-refractivity contribution < 1.29 is 14.3 Å². The number of nitrogens with zero attached hydrogens (tertiary/aromatic N) is 3. The van der Waals surface area contributed by atoms with Crippen molar-refractivity contribution in [2.24, 2.45) is 5.92 Å². The maximum Gasteiger partial charge on any atom is 0.275 e. The highest BCUT2D eigenvalue weighted by molar-refractivity contribution is 7.16. The summed E-state index contributed by atoms with van der Waals surface area (Å²) >= 11 is 1.42. The average molecular weight is 465 g/mol. The molecular formula is C24H24N4O4S. The third-order valence-electron chi connectivity index (χ3n) is 4.75. The summed E-state index contributed by atoms with van der Waals surface area (Å²) in [6.45, 7) is 4.37. The molecule has 0 bridgehead atoms. The number of hydrogen-bond acceptors (Lipinski definition) is 7. The lowest BCUT2D eigenvalue weighted by atomic mass is 10.1. The van der Waals surface area contributed by atoms with E-state index < -0.39 is 0 Å². The van der Waals surface area contributed by atoms with Gasteiger partial charge in [0.1, 0.15) is 23.1 Å². The second kappa shape index (κ2) is 9.83. The van der Waals surface area contributed by atoms with E-state index in [1.807, 2.05) is 0 Å². The number of aromatic nitrogens is 3. The second-order valence-corrected chi connectivity index (χ2v) is 8.91. The molecule has 33 heavy (non-hydrogen) atoms. The molecule has 0 saturated heterocycles. The van der Waals surface area contributed by atoms with Crippen LogP contribution in [0.25, 0.3) is 4.96 Å². The van der Waals surface area contributed by atoms with E-state index in [0.717, 1.165) is 11.4 Å². The number of hydrogen-bond donors (Lipinski definition) is 1. The highest BCUT2D eigenvalue weighted by atomic mass is 32.1. The summed E-state index contributed by atoms with van der Waals surface area (Å²) in [5, 5.41) is 8.08. The van der Waals surface area contributed by atoms with Crippen molar-refractivity contribution in [3.63, 3.8) is 0 Å². The fourth-order valence-corrected chi connectivity index (χ4v) is 4.29. The van der Waals surface area contributed by atoms with E-state index in [9.17, 15) is 9.59 Å². The van der Waals surface area contributed by atoms with Gasteiger partial charge in [-0.05, 0) is 48.4 Å².